The molecule has 136 valence electrons. The molecule has 2 amide bonds. The maximum absolute atomic E-state index is 12.4. The van der Waals surface area contributed by atoms with Crippen LogP contribution in [0.2, 0.25) is 0 Å². The van der Waals surface area contributed by atoms with Crippen LogP contribution in [-0.4, -0.2) is 49.4 Å². The van der Waals surface area contributed by atoms with Crippen molar-refractivity contribution in [3.8, 4) is 0 Å². The molecule has 0 aromatic heterocycles. The van der Waals surface area contributed by atoms with Crippen molar-refractivity contribution in [1.82, 2.24) is 15.5 Å². The number of carbonyl (C=O) groups is 2. The maximum atomic E-state index is 12.4. The van der Waals surface area contributed by atoms with Gasteiger partial charge in [-0.3, -0.25) is 14.5 Å². The number of hydrogen-bond acceptors (Lipinski definition) is 3. The molecule has 0 unspecified atom stereocenters. The molecule has 1 atom stereocenters. The lowest BCUT2D eigenvalue weighted by molar-refractivity contribution is -0.133. The van der Waals surface area contributed by atoms with Crippen molar-refractivity contribution in [3.63, 3.8) is 0 Å². The summed E-state index contributed by atoms with van der Waals surface area (Å²) in [4.78, 5) is 26.4. The van der Waals surface area contributed by atoms with Gasteiger partial charge in [-0.05, 0) is 11.1 Å². The second-order valence-electron chi connectivity index (χ2n) is 6.55. The number of nitrogens with zero attached hydrogens (tertiary/aromatic N) is 1. The van der Waals surface area contributed by atoms with E-state index in [1.54, 1.807) is 7.05 Å². The lowest BCUT2D eigenvalue weighted by Gasteiger charge is -2.37. The van der Waals surface area contributed by atoms with E-state index < -0.39 is 6.04 Å². The molecule has 0 saturated carbocycles. The summed E-state index contributed by atoms with van der Waals surface area (Å²) in [7, 11) is 1.60. The second kappa shape index (κ2) is 8.63. The first-order chi connectivity index (χ1) is 12.7. The van der Waals surface area contributed by atoms with Crippen molar-refractivity contribution in [2.75, 3.05) is 26.7 Å². The third-order valence-electron chi connectivity index (χ3n) is 4.92. The van der Waals surface area contributed by atoms with Gasteiger partial charge in [0.25, 0.3) is 0 Å². The molecule has 0 spiro atoms. The van der Waals surface area contributed by atoms with Gasteiger partial charge in [-0.2, -0.15) is 0 Å². The topological polar surface area (TPSA) is 61.4 Å². The molecule has 1 fully saturated rings. The zero-order valence-electron chi connectivity index (χ0n) is 15.0. The van der Waals surface area contributed by atoms with Gasteiger partial charge >= 0.3 is 0 Å². The number of piperazine rings is 1. The van der Waals surface area contributed by atoms with Gasteiger partial charge in [-0.1, -0.05) is 60.7 Å². The third kappa shape index (κ3) is 4.29. The van der Waals surface area contributed by atoms with Gasteiger partial charge in [0.2, 0.25) is 11.8 Å². The molecular weight excluding hydrogens is 326 g/mol. The Bertz CT molecular complexity index is 694. The van der Waals surface area contributed by atoms with Gasteiger partial charge < -0.3 is 10.6 Å². The van der Waals surface area contributed by atoms with E-state index in [4.69, 9.17) is 0 Å². The molecule has 1 aliphatic heterocycles. The van der Waals surface area contributed by atoms with Crippen LogP contribution in [0, 0.1) is 0 Å². The summed E-state index contributed by atoms with van der Waals surface area (Å²) in [5.41, 5.74) is 2.42. The Morgan fingerprint density at radius 3 is 2.23 bits per heavy atom. The number of hydrogen-bond donors (Lipinski definition) is 2. The highest BCUT2D eigenvalue weighted by Crippen LogP contribution is 2.27. The Morgan fingerprint density at radius 2 is 1.69 bits per heavy atom. The molecule has 2 aromatic rings. The van der Waals surface area contributed by atoms with Crippen molar-refractivity contribution in [1.29, 1.82) is 0 Å². The van der Waals surface area contributed by atoms with E-state index in [1.807, 2.05) is 36.4 Å². The van der Waals surface area contributed by atoms with Crippen LogP contribution in [0.4, 0.5) is 0 Å². The first-order valence-corrected chi connectivity index (χ1v) is 9.01. The Balaban J connectivity index is 1.87. The summed E-state index contributed by atoms with van der Waals surface area (Å²) >= 11 is 0. The van der Waals surface area contributed by atoms with Crippen molar-refractivity contribution in [3.05, 3.63) is 71.8 Å². The van der Waals surface area contributed by atoms with Crippen molar-refractivity contribution >= 4 is 11.8 Å². The third-order valence-corrected chi connectivity index (χ3v) is 4.92. The lowest BCUT2D eigenvalue weighted by atomic mass is 9.90. The van der Waals surface area contributed by atoms with Crippen molar-refractivity contribution in [2.24, 2.45) is 0 Å². The SMILES string of the molecule is CNC(=O)C[C@@H]1C(=O)NCCN1CC(c1ccccc1)c1ccccc1. The monoisotopic (exact) mass is 351 g/mol. The van der Waals surface area contributed by atoms with Gasteiger partial charge in [0.1, 0.15) is 0 Å². The molecule has 0 radical (unpaired) electrons. The first kappa shape index (κ1) is 18.1. The van der Waals surface area contributed by atoms with Gasteiger partial charge in [0, 0.05) is 32.6 Å². The second-order valence-corrected chi connectivity index (χ2v) is 6.55. The maximum Gasteiger partial charge on any atom is 0.237 e. The van der Waals surface area contributed by atoms with Gasteiger partial charge in [0.05, 0.1) is 12.5 Å². The fraction of sp³-hybridized carbons (Fsp3) is 0.333. The largest absolute Gasteiger partial charge is 0.359 e. The van der Waals surface area contributed by atoms with Gasteiger partial charge in [-0.15, -0.1) is 0 Å². The molecule has 1 saturated heterocycles. The number of rotatable bonds is 6. The van der Waals surface area contributed by atoms with Crippen LogP contribution in [0.25, 0.3) is 0 Å². The van der Waals surface area contributed by atoms with Gasteiger partial charge in [-0.25, -0.2) is 0 Å². The van der Waals surface area contributed by atoms with Crippen LogP contribution in [0.3, 0.4) is 0 Å². The van der Waals surface area contributed by atoms with E-state index in [2.05, 4.69) is 39.8 Å². The summed E-state index contributed by atoms with van der Waals surface area (Å²) in [5.74, 6) is -0.0387. The number of nitrogens with one attached hydrogen (secondary N) is 2. The molecule has 1 aliphatic rings. The molecule has 0 bridgehead atoms. The molecule has 2 aromatic carbocycles. The molecular formula is C21H25N3O2. The van der Waals surface area contributed by atoms with Crippen LogP contribution in [0.5, 0.6) is 0 Å². The zero-order chi connectivity index (χ0) is 18.4. The van der Waals surface area contributed by atoms with Gasteiger partial charge in [0.15, 0.2) is 0 Å². The molecule has 5 nitrogen and oxygen atoms in total. The van der Waals surface area contributed by atoms with Crippen molar-refractivity contribution < 1.29 is 9.59 Å². The fourth-order valence-electron chi connectivity index (χ4n) is 3.49. The average molecular weight is 351 g/mol. The summed E-state index contributed by atoms with van der Waals surface area (Å²) < 4.78 is 0. The molecule has 3 rings (SSSR count). The highest BCUT2D eigenvalue weighted by molar-refractivity contribution is 5.88. The molecule has 26 heavy (non-hydrogen) atoms. The van der Waals surface area contributed by atoms with Crippen molar-refractivity contribution in [2.45, 2.75) is 18.4 Å². The van der Waals surface area contributed by atoms with Crippen LogP contribution in [0.1, 0.15) is 23.5 Å². The predicted molar refractivity (Wildman–Crippen MR) is 102 cm³/mol. The Labute approximate surface area is 154 Å². The number of carbonyl (C=O) groups excluding carboxylic acids is 2. The molecule has 2 N–H and O–H groups in total. The van der Waals surface area contributed by atoms with E-state index in [1.165, 1.54) is 11.1 Å². The minimum atomic E-state index is -0.432. The van der Waals surface area contributed by atoms with E-state index >= 15 is 0 Å². The van der Waals surface area contributed by atoms with E-state index in [9.17, 15) is 9.59 Å². The Hall–Kier alpha value is -2.66. The van der Waals surface area contributed by atoms with E-state index in [-0.39, 0.29) is 24.2 Å². The Morgan fingerprint density at radius 1 is 1.12 bits per heavy atom. The highest BCUT2D eigenvalue weighted by atomic mass is 16.2. The number of amides is 2. The molecule has 5 heteroatoms. The molecule has 1 heterocycles. The smallest absolute Gasteiger partial charge is 0.237 e. The quantitative estimate of drug-likeness (QED) is 0.834. The Kier molecular flexibility index (Phi) is 6.02. The zero-order valence-corrected chi connectivity index (χ0v) is 15.0. The van der Waals surface area contributed by atoms with Crippen LogP contribution < -0.4 is 10.6 Å². The standard InChI is InChI=1S/C21H25N3O2/c1-22-20(25)14-19-21(26)23-12-13-24(19)15-18(16-8-4-2-5-9-16)17-10-6-3-7-11-17/h2-11,18-19H,12-15H2,1H3,(H,22,25)(H,23,26)/t19-/m1/s1. The van der Waals surface area contributed by atoms with Crippen LogP contribution in [-0.2, 0) is 9.59 Å². The summed E-state index contributed by atoms with van der Waals surface area (Å²) in [6.45, 7) is 2.05. The normalized spacial score (nSPS) is 17.8. The first-order valence-electron chi connectivity index (χ1n) is 9.01. The van der Waals surface area contributed by atoms with Crippen LogP contribution in [0.15, 0.2) is 60.7 Å². The fourth-order valence-corrected chi connectivity index (χ4v) is 3.49. The summed E-state index contributed by atoms with van der Waals surface area (Å²) in [6.07, 6.45) is 0.179. The minimum Gasteiger partial charge on any atom is -0.359 e. The highest BCUT2D eigenvalue weighted by Gasteiger charge is 2.33. The number of benzene rings is 2. The molecule has 0 aliphatic carbocycles. The minimum absolute atomic E-state index is 0.0697. The van der Waals surface area contributed by atoms with Crippen LogP contribution >= 0.6 is 0 Å². The average Bonchev–Trinajstić information content (AvgIpc) is 2.69. The lowest BCUT2D eigenvalue weighted by Crippen LogP contribution is -2.57. The van der Waals surface area contributed by atoms with E-state index in [0.717, 1.165) is 6.54 Å². The summed E-state index contributed by atoms with van der Waals surface area (Å²) in [6, 6.07) is 20.2. The predicted octanol–water partition coefficient (Wildman–Crippen LogP) is 1.76. The van der Waals surface area contributed by atoms with E-state index in [0.29, 0.717) is 13.1 Å². The summed E-state index contributed by atoms with van der Waals surface area (Å²) in [5, 5.41) is 5.51.